The lowest BCUT2D eigenvalue weighted by Gasteiger charge is -2.37. The molecule has 2 aromatic carbocycles. The first-order valence-corrected chi connectivity index (χ1v) is 12.1. The van der Waals surface area contributed by atoms with Crippen LogP contribution in [0, 0.1) is 11.3 Å². The number of fused-ring (bicyclic) bond motifs is 4. The molecular weight excluding hydrogens is 496 g/mol. The summed E-state index contributed by atoms with van der Waals surface area (Å²) in [5, 5.41) is 13.3. The van der Waals surface area contributed by atoms with Gasteiger partial charge >= 0.3 is 6.09 Å². The van der Waals surface area contributed by atoms with Gasteiger partial charge in [0.2, 0.25) is 0 Å². The molecule has 0 radical (unpaired) electrons. The van der Waals surface area contributed by atoms with Crippen molar-refractivity contribution >= 4 is 44.4 Å². The Morgan fingerprint density at radius 1 is 1.26 bits per heavy atom. The van der Waals surface area contributed by atoms with Crippen LogP contribution in [-0.2, 0) is 10.2 Å². The lowest BCUT2D eigenvalue weighted by atomic mass is 9.70. The van der Waals surface area contributed by atoms with Gasteiger partial charge in [0.05, 0.1) is 16.8 Å². The van der Waals surface area contributed by atoms with E-state index < -0.39 is 11.5 Å². The number of H-pyrrole nitrogens is 1. The van der Waals surface area contributed by atoms with E-state index in [4.69, 9.17) is 4.74 Å². The summed E-state index contributed by atoms with van der Waals surface area (Å²) in [6, 6.07) is 11.9. The zero-order chi connectivity index (χ0) is 24.2. The van der Waals surface area contributed by atoms with Crippen LogP contribution in [0.4, 0.5) is 10.5 Å². The van der Waals surface area contributed by atoms with Crippen LogP contribution in [0.2, 0.25) is 0 Å². The molecule has 1 aliphatic carbocycles. The van der Waals surface area contributed by atoms with E-state index in [-0.39, 0.29) is 11.9 Å². The molecule has 1 saturated heterocycles. The predicted molar refractivity (Wildman–Crippen MR) is 133 cm³/mol. The minimum atomic E-state index is -0.451. The van der Waals surface area contributed by atoms with Crippen molar-refractivity contribution in [2.45, 2.75) is 38.2 Å². The van der Waals surface area contributed by atoms with Crippen LogP contribution in [0.25, 0.3) is 10.9 Å². The normalized spacial score (nSPS) is 17.1. The predicted octanol–water partition coefficient (Wildman–Crippen LogP) is 5.00. The number of halogens is 1. The maximum Gasteiger partial charge on any atom is 0.407 e. The number of ether oxygens (including phenoxy) is 1. The number of alkyl carbamates (subject to hydrolysis) is 1. The van der Waals surface area contributed by atoms with E-state index in [9.17, 15) is 14.9 Å². The number of rotatable bonds is 2. The lowest BCUT2D eigenvalue weighted by molar-refractivity contribution is 0.0849. The molecule has 2 heterocycles. The molecule has 1 fully saturated rings. The first-order chi connectivity index (χ1) is 16.2. The molecule has 0 unspecified atom stereocenters. The van der Waals surface area contributed by atoms with Crippen LogP contribution >= 0.6 is 15.9 Å². The molecule has 174 valence electrons. The molecule has 1 amide bonds. The number of nitrogens with one attached hydrogen (secondary N) is 2. The van der Waals surface area contributed by atoms with Gasteiger partial charge in [0.1, 0.15) is 12.2 Å². The van der Waals surface area contributed by atoms with E-state index in [0.717, 1.165) is 32.3 Å². The maximum atomic E-state index is 13.7. The van der Waals surface area contributed by atoms with Crippen molar-refractivity contribution in [3.05, 3.63) is 62.8 Å². The number of nitrogens with zero attached hydrogens (tertiary/aromatic N) is 2. The molecule has 3 aromatic rings. The standard InChI is InChI=1S/C26H25BrN4O3/c1-26(2)19-12-21(31-8-6-16(7-9-31)34-25(33)29-3)14(13-28)10-18(19)23(32)22-17-5-4-15(27)11-20(17)30-24(22)26/h4-5,10-12,16,30H,6-9H2,1-3H3,(H,29,33). The van der Waals surface area contributed by atoms with Gasteiger partial charge in [0.15, 0.2) is 5.78 Å². The number of hydrogen-bond acceptors (Lipinski definition) is 5. The SMILES string of the molecule is CNC(=O)OC1CCN(c2cc3c(cc2C#N)C(=O)c2c([nH]c4cc(Br)ccc24)C3(C)C)CC1. The molecule has 0 atom stereocenters. The number of amides is 1. The highest BCUT2D eigenvalue weighted by Crippen LogP contribution is 2.46. The van der Waals surface area contributed by atoms with Gasteiger partial charge in [0, 0.05) is 65.0 Å². The smallest absolute Gasteiger partial charge is 0.407 e. The van der Waals surface area contributed by atoms with E-state index in [1.807, 2.05) is 24.3 Å². The first-order valence-electron chi connectivity index (χ1n) is 11.3. The number of hydrogen-bond donors (Lipinski definition) is 2. The van der Waals surface area contributed by atoms with Crippen molar-refractivity contribution in [3.63, 3.8) is 0 Å². The van der Waals surface area contributed by atoms with Gasteiger partial charge in [-0.1, -0.05) is 35.8 Å². The second-order valence-corrected chi connectivity index (χ2v) is 10.3. The lowest BCUT2D eigenvalue weighted by Crippen LogP contribution is -2.40. The average Bonchev–Trinajstić information content (AvgIpc) is 3.22. The number of aromatic nitrogens is 1. The van der Waals surface area contributed by atoms with Crippen LogP contribution < -0.4 is 10.2 Å². The number of anilines is 1. The first kappa shape index (κ1) is 22.5. The van der Waals surface area contributed by atoms with E-state index in [1.54, 1.807) is 13.1 Å². The molecule has 2 aliphatic rings. The van der Waals surface area contributed by atoms with E-state index in [1.165, 1.54) is 0 Å². The van der Waals surface area contributed by atoms with Gasteiger partial charge in [-0.2, -0.15) is 5.26 Å². The molecular formula is C26H25BrN4O3. The maximum absolute atomic E-state index is 13.7. The number of carbonyl (C=O) groups is 2. The fraction of sp³-hybridized carbons (Fsp3) is 0.346. The van der Waals surface area contributed by atoms with Crippen LogP contribution in [0.3, 0.4) is 0 Å². The summed E-state index contributed by atoms with van der Waals surface area (Å²) in [6.07, 6.45) is 0.786. The second kappa shape index (κ2) is 8.17. The number of nitriles is 1. The number of benzene rings is 2. The summed E-state index contributed by atoms with van der Waals surface area (Å²) >= 11 is 3.51. The number of piperidine rings is 1. The summed E-state index contributed by atoms with van der Waals surface area (Å²) in [4.78, 5) is 30.9. The van der Waals surface area contributed by atoms with Gasteiger partial charge in [-0.05, 0) is 29.8 Å². The highest BCUT2D eigenvalue weighted by atomic mass is 79.9. The van der Waals surface area contributed by atoms with Crippen molar-refractivity contribution in [2.75, 3.05) is 25.0 Å². The quantitative estimate of drug-likeness (QED) is 0.495. The molecule has 34 heavy (non-hydrogen) atoms. The van der Waals surface area contributed by atoms with E-state index in [2.05, 4.69) is 51.0 Å². The molecule has 0 bridgehead atoms. The molecule has 8 heteroatoms. The average molecular weight is 521 g/mol. The Kier molecular flexibility index (Phi) is 5.40. The van der Waals surface area contributed by atoms with Gasteiger partial charge in [-0.3, -0.25) is 4.79 Å². The summed E-state index contributed by atoms with van der Waals surface area (Å²) in [6.45, 7) is 5.55. The van der Waals surface area contributed by atoms with Crippen molar-refractivity contribution < 1.29 is 14.3 Å². The molecule has 0 saturated carbocycles. The van der Waals surface area contributed by atoms with Crippen molar-refractivity contribution in [3.8, 4) is 6.07 Å². The van der Waals surface area contributed by atoms with E-state index in [0.29, 0.717) is 42.6 Å². The molecule has 7 nitrogen and oxygen atoms in total. The third-order valence-corrected chi connectivity index (χ3v) is 7.54. The Balaban J connectivity index is 1.55. The molecule has 1 aliphatic heterocycles. The Morgan fingerprint density at radius 2 is 2.00 bits per heavy atom. The Morgan fingerprint density at radius 3 is 2.68 bits per heavy atom. The highest BCUT2D eigenvalue weighted by Gasteiger charge is 2.41. The highest BCUT2D eigenvalue weighted by molar-refractivity contribution is 9.10. The van der Waals surface area contributed by atoms with Gasteiger partial charge in [0.25, 0.3) is 0 Å². The number of aromatic amines is 1. The van der Waals surface area contributed by atoms with Crippen LogP contribution in [0.15, 0.2) is 34.8 Å². The zero-order valence-electron chi connectivity index (χ0n) is 19.3. The third kappa shape index (κ3) is 3.46. The van der Waals surface area contributed by atoms with Crippen molar-refractivity contribution in [2.24, 2.45) is 0 Å². The number of carbonyl (C=O) groups excluding carboxylic acids is 2. The molecule has 2 N–H and O–H groups in total. The topological polar surface area (TPSA) is 98.2 Å². The Labute approximate surface area is 206 Å². The third-order valence-electron chi connectivity index (χ3n) is 7.05. The summed E-state index contributed by atoms with van der Waals surface area (Å²) in [5.41, 5.74) is 4.84. The van der Waals surface area contributed by atoms with Gasteiger partial charge < -0.3 is 19.9 Å². The van der Waals surface area contributed by atoms with Gasteiger partial charge in [-0.25, -0.2) is 4.79 Å². The van der Waals surface area contributed by atoms with Crippen LogP contribution in [0.1, 0.15) is 59.4 Å². The molecule has 1 aromatic heterocycles. The summed E-state index contributed by atoms with van der Waals surface area (Å²) < 4.78 is 6.35. The minimum Gasteiger partial charge on any atom is -0.446 e. The number of ketones is 1. The van der Waals surface area contributed by atoms with Gasteiger partial charge in [-0.15, -0.1) is 0 Å². The second-order valence-electron chi connectivity index (χ2n) is 9.39. The fourth-order valence-corrected chi connectivity index (χ4v) is 5.57. The largest absolute Gasteiger partial charge is 0.446 e. The molecule has 0 spiro atoms. The summed E-state index contributed by atoms with van der Waals surface area (Å²) in [7, 11) is 1.55. The van der Waals surface area contributed by atoms with Crippen molar-refractivity contribution in [1.29, 1.82) is 5.26 Å². The van der Waals surface area contributed by atoms with Crippen molar-refractivity contribution in [1.82, 2.24) is 10.3 Å². The fourth-order valence-electron chi connectivity index (χ4n) is 5.21. The monoisotopic (exact) mass is 520 g/mol. The Bertz CT molecular complexity index is 1380. The minimum absolute atomic E-state index is 0.0568. The van der Waals surface area contributed by atoms with Crippen LogP contribution in [0.5, 0.6) is 0 Å². The van der Waals surface area contributed by atoms with E-state index >= 15 is 0 Å². The summed E-state index contributed by atoms with van der Waals surface area (Å²) in [5.74, 6) is -0.0568. The zero-order valence-corrected chi connectivity index (χ0v) is 20.9. The van der Waals surface area contributed by atoms with Crippen LogP contribution in [-0.4, -0.2) is 43.1 Å². The Hall–Kier alpha value is -3.31. The molecule has 5 rings (SSSR count).